The van der Waals surface area contributed by atoms with Crippen molar-refractivity contribution >= 4 is 5.97 Å². The summed E-state index contributed by atoms with van der Waals surface area (Å²) in [5.74, 6) is -1.83. The lowest BCUT2D eigenvalue weighted by Gasteiger charge is -2.13. The van der Waals surface area contributed by atoms with Crippen molar-refractivity contribution in [1.82, 2.24) is 0 Å². The van der Waals surface area contributed by atoms with Gasteiger partial charge in [-0.05, 0) is 18.6 Å². The minimum Gasteiger partial charge on any atom is -0.507 e. The van der Waals surface area contributed by atoms with Crippen molar-refractivity contribution in [3.8, 4) is 5.75 Å². The van der Waals surface area contributed by atoms with Gasteiger partial charge in [-0.1, -0.05) is 6.07 Å². The highest BCUT2D eigenvalue weighted by molar-refractivity contribution is 5.78. The Kier molecular flexibility index (Phi) is 3.26. The number of esters is 1. The molecule has 1 rings (SSSR count). The van der Waals surface area contributed by atoms with E-state index in [2.05, 4.69) is 4.74 Å². The van der Waals surface area contributed by atoms with Crippen molar-refractivity contribution in [2.24, 2.45) is 5.73 Å². The Labute approximate surface area is 86.5 Å². The lowest BCUT2D eigenvalue weighted by molar-refractivity contribution is -0.142. The number of halogens is 1. The number of methoxy groups -OCH3 is 1. The van der Waals surface area contributed by atoms with Gasteiger partial charge in [0, 0.05) is 0 Å². The normalized spacial score (nSPS) is 12.3. The third-order valence-electron chi connectivity index (χ3n) is 2.13. The fourth-order valence-corrected chi connectivity index (χ4v) is 1.23. The van der Waals surface area contributed by atoms with Gasteiger partial charge in [0.05, 0.1) is 12.7 Å². The molecule has 0 spiro atoms. The van der Waals surface area contributed by atoms with Crippen molar-refractivity contribution in [2.75, 3.05) is 7.11 Å². The molecule has 1 aromatic rings. The molecule has 4 nitrogen and oxygen atoms in total. The van der Waals surface area contributed by atoms with Gasteiger partial charge in [0.25, 0.3) is 0 Å². The van der Waals surface area contributed by atoms with Crippen molar-refractivity contribution in [2.45, 2.75) is 13.0 Å². The van der Waals surface area contributed by atoms with Crippen LogP contribution < -0.4 is 5.73 Å². The van der Waals surface area contributed by atoms with Gasteiger partial charge in [-0.25, -0.2) is 4.39 Å². The second-order valence-corrected chi connectivity index (χ2v) is 3.13. The Bertz CT molecular complexity index is 392. The number of hydrogen-bond donors (Lipinski definition) is 2. The smallest absolute Gasteiger partial charge is 0.327 e. The molecule has 82 valence electrons. The number of aromatic hydroxyl groups is 1. The van der Waals surface area contributed by atoms with Gasteiger partial charge in [-0.3, -0.25) is 4.79 Å². The van der Waals surface area contributed by atoms with Crippen LogP contribution in [0.4, 0.5) is 4.39 Å². The van der Waals surface area contributed by atoms with Crippen LogP contribution in [0.5, 0.6) is 5.75 Å². The highest BCUT2D eigenvalue weighted by atomic mass is 19.1. The molecule has 0 amide bonds. The second-order valence-electron chi connectivity index (χ2n) is 3.13. The quantitative estimate of drug-likeness (QED) is 0.719. The molecule has 1 atom stereocenters. The van der Waals surface area contributed by atoms with Crippen molar-refractivity contribution in [3.05, 3.63) is 29.1 Å². The third kappa shape index (κ3) is 2.07. The Balaban J connectivity index is 3.24. The van der Waals surface area contributed by atoms with Crippen molar-refractivity contribution in [3.63, 3.8) is 0 Å². The number of rotatable bonds is 2. The van der Waals surface area contributed by atoms with Gasteiger partial charge in [0.1, 0.15) is 17.6 Å². The van der Waals surface area contributed by atoms with Gasteiger partial charge >= 0.3 is 5.97 Å². The van der Waals surface area contributed by atoms with Crippen LogP contribution in [0.15, 0.2) is 12.1 Å². The van der Waals surface area contributed by atoms with E-state index >= 15 is 0 Å². The van der Waals surface area contributed by atoms with E-state index in [-0.39, 0.29) is 11.3 Å². The van der Waals surface area contributed by atoms with Crippen LogP contribution in [0.1, 0.15) is 17.2 Å². The molecule has 0 fully saturated rings. The fourth-order valence-electron chi connectivity index (χ4n) is 1.23. The standard InChI is InChI=1S/C10H12FNO3/c1-5-3-4-6(11)7(9(5)13)8(12)10(14)15-2/h3-4,8,13H,12H2,1-2H3/t8-/m0/s1. The van der Waals surface area contributed by atoms with Gasteiger partial charge < -0.3 is 15.6 Å². The van der Waals surface area contributed by atoms with Crippen LogP contribution in [-0.2, 0) is 9.53 Å². The molecule has 0 aromatic heterocycles. The highest BCUT2D eigenvalue weighted by Gasteiger charge is 2.24. The fraction of sp³-hybridized carbons (Fsp3) is 0.300. The zero-order chi connectivity index (χ0) is 11.6. The van der Waals surface area contributed by atoms with Crippen LogP contribution in [0.2, 0.25) is 0 Å². The molecule has 3 N–H and O–H groups in total. The molecule has 15 heavy (non-hydrogen) atoms. The Morgan fingerprint density at radius 2 is 2.20 bits per heavy atom. The second kappa shape index (κ2) is 4.27. The molecule has 0 saturated heterocycles. The average Bonchev–Trinajstić information content (AvgIpc) is 2.22. The summed E-state index contributed by atoms with van der Waals surface area (Å²) in [6, 6.07) is 1.24. The topological polar surface area (TPSA) is 72.5 Å². The molecule has 0 aliphatic heterocycles. The van der Waals surface area contributed by atoms with Crippen molar-refractivity contribution < 1.29 is 19.0 Å². The number of nitrogens with two attached hydrogens (primary N) is 1. The summed E-state index contributed by atoms with van der Waals surface area (Å²) in [6.45, 7) is 1.59. The van der Waals surface area contributed by atoms with E-state index in [1.807, 2.05) is 0 Å². The van der Waals surface area contributed by atoms with E-state index in [0.717, 1.165) is 13.2 Å². The predicted octanol–water partition coefficient (Wildman–Crippen LogP) is 1.01. The zero-order valence-electron chi connectivity index (χ0n) is 8.45. The lowest BCUT2D eigenvalue weighted by atomic mass is 10.0. The van der Waals surface area contributed by atoms with Gasteiger partial charge in [0.2, 0.25) is 0 Å². The first-order valence-electron chi connectivity index (χ1n) is 4.30. The Morgan fingerprint density at radius 1 is 1.60 bits per heavy atom. The number of hydrogen-bond acceptors (Lipinski definition) is 4. The maximum Gasteiger partial charge on any atom is 0.327 e. The molecule has 0 radical (unpaired) electrons. The number of carbonyl (C=O) groups is 1. The first-order valence-corrected chi connectivity index (χ1v) is 4.30. The maximum absolute atomic E-state index is 13.3. The minimum atomic E-state index is -1.31. The van der Waals surface area contributed by atoms with E-state index < -0.39 is 17.8 Å². The Morgan fingerprint density at radius 3 is 2.73 bits per heavy atom. The molecule has 0 heterocycles. The number of phenolic OH excluding ortho intramolecular Hbond substituents is 1. The maximum atomic E-state index is 13.3. The number of ether oxygens (including phenoxy) is 1. The number of benzene rings is 1. The van der Waals surface area contributed by atoms with Crippen molar-refractivity contribution in [1.29, 1.82) is 0 Å². The van der Waals surface area contributed by atoms with Crippen LogP contribution in [0.3, 0.4) is 0 Å². The van der Waals surface area contributed by atoms with Gasteiger partial charge in [-0.2, -0.15) is 0 Å². The van der Waals surface area contributed by atoms with Crippen LogP contribution in [0.25, 0.3) is 0 Å². The van der Waals surface area contributed by atoms with Crippen LogP contribution in [0, 0.1) is 12.7 Å². The predicted molar refractivity (Wildman–Crippen MR) is 51.7 cm³/mol. The molecule has 0 bridgehead atoms. The minimum absolute atomic E-state index is 0.234. The summed E-state index contributed by atoms with van der Waals surface area (Å²) < 4.78 is 17.7. The van der Waals surface area contributed by atoms with E-state index in [1.165, 1.54) is 6.07 Å². The third-order valence-corrected chi connectivity index (χ3v) is 2.13. The number of aryl methyl sites for hydroxylation is 1. The summed E-state index contributed by atoms with van der Waals surface area (Å²) in [7, 11) is 1.15. The molecule has 0 aliphatic carbocycles. The van der Waals surface area contributed by atoms with Gasteiger partial charge in [-0.15, -0.1) is 0 Å². The largest absolute Gasteiger partial charge is 0.507 e. The summed E-state index contributed by atoms with van der Waals surface area (Å²) in [5, 5.41) is 9.57. The molecule has 1 aromatic carbocycles. The van der Waals surface area contributed by atoms with E-state index in [0.29, 0.717) is 5.56 Å². The molecule has 0 unspecified atom stereocenters. The van der Waals surface area contributed by atoms with Crippen LogP contribution >= 0.6 is 0 Å². The van der Waals surface area contributed by atoms with E-state index in [9.17, 15) is 14.3 Å². The van der Waals surface area contributed by atoms with Gasteiger partial charge in [0.15, 0.2) is 0 Å². The number of phenols is 1. The Hall–Kier alpha value is -1.62. The first kappa shape index (κ1) is 11.5. The first-order chi connectivity index (χ1) is 6.99. The lowest BCUT2D eigenvalue weighted by Crippen LogP contribution is -2.24. The molecular weight excluding hydrogens is 201 g/mol. The average molecular weight is 213 g/mol. The monoisotopic (exact) mass is 213 g/mol. The molecular formula is C10H12FNO3. The summed E-state index contributed by atoms with van der Waals surface area (Å²) >= 11 is 0. The summed E-state index contributed by atoms with van der Waals surface area (Å²) in [4.78, 5) is 11.1. The van der Waals surface area contributed by atoms with E-state index in [1.54, 1.807) is 6.92 Å². The highest BCUT2D eigenvalue weighted by Crippen LogP contribution is 2.29. The molecule has 5 heteroatoms. The van der Waals surface area contributed by atoms with E-state index in [4.69, 9.17) is 5.73 Å². The van der Waals surface area contributed by atoms with Crippen LogP contribution in [-0.4, -0.2) is 18.2 Å². The summed E-state index contributed by atoms with van der Waals surface area (Å²) in [6.07, 6.45) is 0. The molecule has 0 saturated carbocycles. The zero-order valence-corrected chi connectivity index (χ0v) is 8.45. The summed E-state index contributed by atoms with van der Waals surface area (Å²) in [5.41, 5.74) is 5.66. The molecule has 0 aliphatic rings. The SMILES string of the molecule is COC(=O)[C@@H](N)c1c(F)ccc(C)c1O. The number of carbonyl (C=O) groups excluding carboxylic acids is 1.